The lowest BCUT2D eigenvalue weighted by Crippen LogP contribution is -2.49. The number of fused-ring (bicyclic) bond motifs is 1. The number of carbonyl (C=O) groups is 1. The van der Waals surface area contributed by atoms with Crippen LogP contribution in [0.3, 0.4) is 0 Å². The number of likely N-dealkylation sites (tertiary alicyclic amines) is 1. The van der Waals surface area contributed by atoms with Crippen molar-refractivity contribution in [2.45, 2.75) is 70.1 Å². The number of hydrogen-bond donors (Lipinski definition) is 2. The fourth-order valence-corrected chi connectivity index (χ4v) is 6.61. The van der Waals surface area contributed by atoms with E-state index in [2.05, 4.69) is 39.8 Å². The Morgan fingerprint density at radius 2 is 2.03 bits per heavy atom. The highest BCUT2D eigenvalue weighted by atomic mass is 32.1. The van der Waals surface area contributed by atoms with Crippen LogP contribution in [0, 0.1) is 23.2 Å². The Balaban J connectivity index is 1.26. The lowest BCUT2D eigenvalue weighted by molar-refractivity contribution is 0.129. The number of aromatic nitrogens is 2. The summed E-state index contributed by atoms with van der Waals surface area (Å²) in [7, 11) is 0. The highest BCUT2D eigenvalue weighted by Gasteiger charge is 2.39. The summed E-state index contributed by atoms with van der Waals surface area (Å²) in [6.07, 6.45) is 14.6. The van der Waals surface area contributed by atoms with Gasteiger partial charge in [-0.15, -0.1) is 10.2 Å². The molecule has 36 heavy (non-hydrogen) atoms. The Hall–Kier alpha value is -2.96. The lowest BCUT2D eigenvalue weighted by atomic mass is 9.84. The summed E-state index contributed by atoms with van der Waals surface area (Å²) in [5.74, 6) is 0.877. The zero-order valence-electron chi connectivity index (χ0n) is 20.9. The fourth-order valence-electron chi connectivity index (χ4n) is 5.59. The molecule has 2 heterocycles. The van der Waals surface area contributed by atoms with E-state index < -0.39 is 0 Å². The van der Waals surface area contributed by atoms with E-state index in [0.717, 1.165) is 60.1 Å². The predicted octanol–water partition coefficient (Wildman–Crippen LogP) is 4.26. The third kappa shape index (κ3) is 5.11. The standard InChI is InChI=1S/C27H34N6O2S/c1-16(2)35-24-9-6-17(14-18(24)15-28)25-31-32-26(36-25)22-5-3-4-21-20(22)7-8-23(21)30-27(34)33-12-10-19(29)11-13-33/h3-6,9,16,18-20,22-23H,7-8,10-14,29H2,1-2H3,(H,30,34)/t18?,20?,22?,23-/m0/s1. The van der Waals surface area contributed by atoms with E-state index in [-0.39, 0.29) is 36.1 Å². The van der Waals surface area contributed by atoms with Gasteiger partial charge in [0.05, 0.1) is 18.2 Å². The molecule has 1 aromatic rings. The summed E-state index contributed by atoms with van der Waals surface area (Å²) >= 11 is 1.60. The Bertz CT molecular complexity index is 1150. The van der Waals surface area contributed by atoms with Gasteiger partial charge in [-0.2, -0.15) is 5.26 Å². The van der Waals surface area contributed by atoms with Gasteiger partial charge >= 0.3 is 6.03 Å². The van der Waals surface area contributed by atoms with Gasteiger partial charge in [0.2, 0.25) is 0 Å². The van der Waals surface area contributed by atoms with Crippen LogP contribution in [-0.2, 0) is 4.74 Å². The van der Waals surface area contributed by atoms with Gasteiger partial charge < -0.3 is 20.7 Å². The molecule has 1 saturated carbocycles. The summed E-state index contributed by atoms with van der Waals surface area (Å²) in [5, 5.41) is 23.8. The first-order chi connectivity index (χ1) is 17.4. The largest absolute Gasteiger partial charge is 0.494 e. The monoisotopic (exact) mass is 506 g/mol. The number of amides is 2. The van der Waals surface area contributed by atoms with Crippen molar-refractivity contribution in [2.24, 2.45) is 17.6 Å². The molecular weight excluding hydrogens is 472 g/mol. The molecule has 1 saturated heterocycles. The molecule has 4 atom stereocenters. The normalized spacial score (nSPS) is 28.2. The topological polar surface area (TPSA) is 117 Å². The highest BCUT2D eigenvalue weighted by molar-refractivity contribution is 7.12. The molecule has 2 fully saturated rings. The van der Waals surface area contributed by atoms with Crippen LogP contribution in [0.25, 0.3) is 5.57 Å². The van der Waals surface area contributed by atoms with E-state index in [1.54, 1.807) is 11.3 Å². The molecule has 4 aliphatic rings. The van der Waals surface area contributed by atoms with Crippen LogP contribution in [0.1, 0.15) is 61.9 Å². The number of hydrogen-bond acceptors (Lipinski definition) is 7. The van der Waals surface area contributed by atoms with E-state index in [1.807, 2.05) is 30.9 Å². The number of nitrogens with two attached hydrogens (primary N) is 1. The summed E-state index contributed by atoms with van der Waals surface area (Å²) in [4.78, 5) is 14.8. The lowest BCUT2D eigenvalue weighted by Gasteiger charge is -2.32. The predicted molar refractivity (Wildman–Crippen MR) is 140 cm³/mol. The van der Waals surface area contributed by atoms with Crippen molar-refractivity contribution < 1.29 is 9.53 Å². The smallest absolute Gasteiger partial charge is 0.317 e. The first kappa shape index (κ1) is 24.7. The van der Waals surface area contributed by atoms with Crippen LogP contribution in [0.15, 0.2) is 41.7 Å². The van der Waals surface area contributed by atoms with Gasteiger partial charge in [-0.25, -0.2) is 4.79 Å². The minimum atomic E-state index is -0.307. The number of nitrogens with one attached hydrogen (secondary N) is 1. The van der Waals surface area contributed by atoms with Crippen LogP contribution in [-0.4, -0.2) is 52.4 Å². The van der Waals surface area contributed by atoms with Crippen molar-refractivity contribution in [1.82, 2.24) is 20.4 Å². The molecule has 3 unspecified atom stereocenters. The molecule has 0 radical (unpaired) electrons. The van der Waals surface area contributed by atoms with Crippen molar-refractivity contribution in [1.29, 1.82) is 5.26 Å². The van der Waals surface area contributed by atoms with Gasteiger partial charge in [0.25, 0.3) is 0 Å². The van der Waals surface area contributed by atoms with Crippen LogP contribution in [0.2, 0.25) is 0 Å². The Morgan fingerprint density at radius 3 is 2.78 bits per heavy atom. The first-order valence-electron chi connectivity index (χ1n) is 12.9. The zero-order chi connectivity index (χ0) is 25.2. The molecule has 1 aliphatic heterocycles. The molecule has 3 aliphatic carbocycles. The molecule has 0 bridgehead atoms. The van der Waals surface area contributed by atoms with Crippen LogP contribution in [0.5, 0.6) is 0 Å². The summed E-state index contributed by atoms with van der Waals surface area (Å²) in [6, 6.07) is 2.64. The molecule has 9 heteroatoms. The quantitative estimate of drug-likeness (QED) is 0.616. The van der Waals surface area contributed by atoms with E-state index >= 15 is 0 Å². The van der Waals surface area contributed by atoms with E-state index in [4.69, 9.17) is 10.5 Å². The Kier molecular flexibility index (Phi) is 7.26. The van der Waals surface area contributed by atoms with Crippen molar-refractivity contribution >= 4 is 22.9 Å². The number of nitriles is 1. The van der Waals surface area contributed by atoms with Crippen molar-refractivity contribution in [3.05, 3.63) is 51.7 Å². The molecule has 3 N–H and O–H groups in total. The van der Waals surface area contributed by atoms with Gasteiger partial charge in [-0.1, -0.05) is 35.6 Å². The molecular formula is C27H34N6O2S. The average Bonchev–Trinajstić information content (AvgIpc) is 3.52. The first-order valence-corrected chi connectivity index (χ1v) is 13.7. The van der Waals surface area contributed by atoms with Crippen LogP contribution in [0.4, 0.5) is 4.79 Å². The Labute approximate surface area is 216 Å². The number of allylic oxidation sites excluding steroid dienone is 7. The van der Waals surface area contributed by atoms with Gasteiger partial charge in [0, 0.05) is 25.0 Å². The van der Waals surface area contributed by atoms with Crippen molar-refractivity contribution in [3.63, 3.8) is 0 Å². The summed E-state index contributed by atoms with van der Waals surface area (Å²) < 4.78 is 5.81. The highest BCUT2D eigenvalue weighted by Crippen LogP contribution is 2.46. The SMILES string of the molecule is CC(C)OC1=CC=C(c2nnc(C3C=CC=C4C3CC[C@@H]4NC(=O)N3CCC(N)CC3)s2)CC1C#N. The van der Waals surface area contributed by atoms with Gasteiger partial charge in [-0.05, 0) is 69.1 Å². The fraction of sp³-hybridized carbons (Fsp3) is 0.556. The maximum atomic E-state index is 12.9. The van der Waals surface area contributed by atoms with Gasteiger partial charge in [-0.3, -0.25) is 0 Å². The Morgan fingerprint density at radius 1 is 1.22 bits per heavy atom. The molecule has 5 rings (SSSR count). The molecule has 190 valence electrons. The molecule has 0 aromatic carbocycles. The number of carbonyl (C=O) groups excluding carboxylic acids is 1. The third-order valence-corrected chi connectivity index (χ3v) is 8.61. The average molecular weight is 507 g/mol. The molecule has 1 aromatic heterocycles. The molecule has 8 nitrogen and oxygen atoms in total. The zero-order valence-corrected chi connectivity index (χ0v) is 21.7. The second-order valence-corrected chi connectivity index (χ2v) is 11.4. The summed E-state index contributed by atoms with van der Waals surface area (Å²) in [5.41, 5.74) is 8.30. The number of ether oxygens (including phenoxy) is 1. The second-order valence-electron chi connectivity index (χ2n) is 10.3. The third-order valence-electron chi connectivity index (χ3n) is 7.51. The van der Waals surface area contributed by atoms with E-state index in [9.17, 15) is 10.1 Å². The van der Waals surface area contributed by atoms with Gasteiger partial charge in [0.1, 0.15) is 21.7 Å². The van der Waals surface area contributed by atoms with Crippen molar-refractivity contribution in [3.8, 4) is 6.07 Å². The van der Waals surface area contributed by atoms with Gasteiger partial charge in [0.15, 0.2) is 0 Å². The van der Waals surface area contributed by atoms with Crippen LogP contribution >= 0.6 is 11.3 Å². The number of piperidine rings is 1. The van der Waals surface area contributed by atoms with E-state index in [1.165, 1.54) is 5.57 Å². The minimum Gasteiger partial charge on any atom is -0.494 e. The van der Waals surface area contributed by atoms with Crippen LogP contribution < -0.4 is 11.1 Å². The maximum absolute atomic E-state index is 12.9. The van der Waals surface area contributed by atoms with E-state index in [0.29, 0.717) is 12.3 Å². The second kappa shape index (κ2) is 10.6. The number of rotatable bonds is 5. The minimum absolute atomic E-state index is 0.0166. The summed E-state index contributed by atoms with van der Waals surface area (Å²) in [6.45, 7) is 5.38. The number of nitrogens with zero attached hydrogens (tertiary/aromatic N) is 4. The maximum Gasteiger partial charge on any atom is 0.317 e. The molecule has 0 spiro atoms. The number of urea groups is 1. The molecule has 2 amide bonds. The van der Waals surface area contributed by atoms with Crippen molar-refractivity contribution in [2.75, 3.05) is 13.1 Å².